The molecule has 1 saturated heterocycles. The number of likely N-dealkylation sites (tertiary alicyclic amines) is 1. The van der Waals surface area contributed by atoms with Crippen molar-refractivity contribution in [1.29, 1.82) is 0 Å². The van der Waals surface area contributed by atoms with Crippen molar-refractivity contribution in [3.05, 3.63) is 0 Å². The summed E-state index contributed by atoms with van der Waals surface area (Å²) in [5.74, 6) is 3.43. The van der Waals surface area contributed by atoms with Gasteiger partial charge in [-0.15, -0.1) is 0 Å². The maximum Gasteiger partial charge on any atom is 0.0580 e. The summed E-state index contributed by atoms with van der Waals surface area (Å²) >= 11 is 0. The van der Waals surface area contributed by atoms with Gasteiger partial charge in [-0.3, -0.25) is 0 Å². The molecule has 0 aromatic carbocycles. The van der Waals surface area contributed by atoms with E-state index in [1.165, 1.54) is 64.6 Å². The van der Waals surface area contributed by atoms with E-state index >= 15 is 0 Å². The average Bonchev–Trinajstić information content (AvgIpc) is 2.94. The number of hydrogen-bond acceptors (Lipinski definition) is 2. The second-order valence-corrected chi connectivity index (χ2v) is 7.46. The fourth-order valence-electron chi connectivity index (χ4n) is 5.02. The third-order valence-corrected chi connectivity index (χ3v) is 6.04. The third-order valence-electron chi connectivity index (χ3n) is 6.04. The lowest BCUT2D eigenvalue weighted by Gasteiger charge is -2.35. The molecule has 0 aromatic rings. The molecule has 1 N–H and O–H groups in total. The summed E-state index contributed by atoms with van der Waals surface area (Å²) in [5.41, 5.74) is 0. The number of aliphatic hydroxyl groups excluding tert-OH is 1. The molecule has 19 heavy (non-hydrogen) atoms. The molecule has 1 aliphatic heterocycles. The van der Waals surface area contributed by atoms with Gasteiger partial charge in [0.05, 0.1) is 6.10 Å². The van der Waals surface area contributed by atoms with Gasteiger partial charge in [-0.2, -0.15) is 0 Å². The molecule has 3 rings (SSSR count). The van der Waals surface area contributed by atoms with Crippen LogP contribution in [-0.4, -0.2) is 35.7 Å². The van der Waals surface area contributed by atoms with Gasteiger partial charge in [0.1, 0.15) is 0 Å². The summed E-state index contributed by atoms with van der Waals surface area (Å²) in [6.07, 6.45) is 10.6. The van der Waals surface area contributed by atoms with Gasteiger partial charge in [-0.05, 0) is 55.8 Å². The fraction of sp³-hybridized carbons (Fsp3) is 1.00. The summed E-state index contributed by atoms with van der Waals surface area (Å²) in [4.78, 5) is 2.68. The monoisotopic (exact) mass is 265 g/mol. The number of aliphatic hydroxyl groups is 1. The van der Waals surface area contributed by atoms with Crippen molar-refractivity contribution in [1.82, 2.24) is 4.90 Å². The highest BCUT2D eigenvalue weighted by atomic mass is 16.3. The molecule has 2 saturated carbocycles. The highest BCUT2D eigenvalue weighted by Crippen LogP contribution is 2.39. The van der Waals surface area contributed by atoms with Gasteiger partial charge in [0.15, 0.2) is 0 Å². The van der Waals surface area contributed by atoms with Crippen LogP contribution in [0.1, 0.15) is 58.3 Å². The topological polar surface area (TPSA) is 23.5 Å². The molecule has 0 aromatic heterocycles. The summed E-state index contributed by atoms with van der Waals surface area (Å²) in [7, 11) is 0. The molecule has 2 nitrogen and oxygen atoms in total. The highest BCUT2D eigenvalue weighted by Gasteiger charge is 2.38. The van der Waals surface area contributed by atoms with Crippen molar-refractivity contribution in [2.45, 2.75) is 64.4 Å². The Kier molecular flexibility index (Phi) is 4.48. The van der Waals surface area contributed by atoms with Gasteiger partial charge in [-0.25, -0.2) is 0 Å². The lowest BCUT2D eigenvalue weighted by Crippen LogP contribution is -2.38. The molecule has 3 aliphatic rings. The van der Waals surface area contributed by atoms with Crippen molar-refractivity contribution >= 4 is 0 Å². The van der Waals surface area contributed by atoms with Gasteiger partial charge < -0.3 is 10.0 Å². The molecule has 2 heteroatoms. The number of hydrogen-bond donors (Lipinski definition) is 1. The second-order valence-electron chi connectivity index (χ2n) is 7.46. The molecular weight excluding hydrogens is 234 g/mol. The first-order valence-corrected chi connectivity index (χ1v) is 8.66. The van der Waals surface area contributed by atoms with Gasteiger partial charge in [0, 0.05) is 19.6 Å². The molecule has 110 valence electrons. The van der Waals surface area contributed by atoms with E-state index in [0.29, 0.717) is 5.92 Å². The Labute approximate surface area is 118 Å². The van der Waals surface area contributed by atoms with Crippen molar-refractivity contribution in [2.24, 2.45) is 23.7 Å². The first-order chi connectivity index (χ1) is 9.26. The van der Waals surface area contributed by atoms with Crippen LogP contribution < -0.4 is 0 Å². The Morgan fingerprint density at radius 3 is 2.47 bits per heavy atom. The van der Waals surface area contributed by atoms with E-state index in [-0.39, 0.29) is 6.10 Å². The summed E-state index contributed by atoms with van der Waals surface area (Å²) in [6.45, 7) is 6.12. The zero-order valence-electron chi connectivity index (χ0n) is 12.6. The lowest BCUT2D eigenvalue weighted by atomic mass is 9.77. The minimum absolute atomic E-state index is 0.0199. The molecule has 3 fully saturated rings. The quantitative estimate of drug-likeness (QED) is 0.843. The van der Waals surface area contributed by atoms with Crippen LogP contribution in [0.2, 0.25) is 0 Å². The molecular formula is C17H31NO. The van der Waals surface area contributed by atoms with E-state index in [1.807, 2.05) is 0 Å². The van der Waals surface area contributed by atoms with Crippen molar-refractivity contribution in [3.63, 3.8) is 0 Å². The first kappa shape index (κ1) is 13.9. The Morgan fingerprint density at radius 1 is 1.05 bits per heavy atom. The van der Waals surface area contributed by atoms with Crippen LogP contribution in [0.4, 0.5) is 0 Å². The van der Waals surface area contributed by atoms with Gasteiger partial charge in [-0.1, -0.05) is 26.2 Å². The van der Waals surface area contributed by atoms with Crippen LogP contribution in [-0.2, 0) is 0 Å². The maximum absolute atomic E-state index is 10.3. The molecule has 5 atom stereocenters. The molecule has 2 aliphatic carbocycles. The summed E-state index contributed by atoms with van der Waals surface area (Å²) in [6, 6.07) is 0. The smallest absolute Gasteiger partial charge is 0.0580 e. The highest BCUT2D eigenvalue weighted by molar-refractivity contribution is 4.91. The Hall–Kier alpha value is -0.0800. The zero-order valence-corrected chi connectivity index (χ0v) is 12.6. The van der Waals surface area contributed by atoms with E-state index in [0.717, 1.165) is 24.2 Å². The minimum Gasteiger partial charge on any atom is -0.393 e. The Morgan fingerprint density at radius 2 is 1.79 bits per heavy atom. The molecule has 0 radical (unpaired) electrons. The Balaban J connectivity index is 1.50. The van der Waals surface area contributed by atoms with Gasteiger partial charge in [0.25, 0.3) is 0 Å². The maximum atomic E-state index is 10.3. The summed E-state index contributed by atoms with van der Waals surface area (Å²) in [5, 5.41) is 10.3. The number of fused-ring (bicyclic) bond motifs is 1. The van der Waals surface area contributed by atoms with Crippen LogP contribution in [0.3, 0.4) is 0 Å². The van der Waals surface area contributed by atoms with E-state index in [2.05, 4.69) is 11.8 Å². The van der Waals surface area contributed by atoms with E-state index in [9.17, 15) is 5.11 Å². The molecule has 0 amide bonds. The predicted octanol–water partition coefficient (Wildman–Crippen LogP) is 3.30. The third kappa shape index (κ3) is 3.16. The second kappa shape index (κ2) is 6.13. The van der Waals surface area contributed by atoms with Crippen LogP contribution >= 0.6 is 0 Å². The molecule has 0 spiro atoms. The van der Waals surface area contributed by atoms with E-state index in [4.69, 9.17) is 0 Å². The van der Waals surface area contributed by atoms with Crippen molar-refractivity contribution in [3.8, 4) is 0 Å². The van der Waals surface area contributed by atoms with E-state index < -0.39 is 0 Å². The minimum atomic E-state index is -0.0199. The van der Waals surface area contributed by atoms with Crippen LogP contribution in [0.15, 0.2) is 0 Å². The lowest BCUT2D eigenvalue weighted by molar-refractivity contribution is 0.0283. The number of rotatable bonds is 4. The zero-order chi connectivity index (χ0) is 13.2. The Bertz CT molecular complexity index is 281. The predicted molar refractivity (Wildman–Crippen MR) is 79.0 cm³/mol. The van der Waals surface area contributed by atoms with Crippen LogP contribution in [0.5, 0.6) is 0 Å². The summed E-state index contributed by atoms with van der Waals surface area (Å²) < 4.78 is 0. The van der Waals surface area contributed by atoms with Crippen LogP contribution in [0, 0.1) is 23.7 Å². The van der Waals surface area contributed by atoms with Gasteiger partial charge >= 0.3 is 0 Å². The fourth-order valence-corrected chi connectivity index (χ4v) is 5.02. The SMILES string of the molecule is CCCC1CCC(O)C(CN2CC3CCCC3C2)C1. The first-order valence-electron chi connectivity index (χ1n) is 8.66. The van der Waals surface area contributed by atoms with Gasteiger partial charge in [0.2, 0.25) is 0 Å². The molecule has 1 heterocycles. The van der Waals surface area contributed by atoms with Crippen molar-refractivity contribution < 1.29 is 5.11 Å². The number of nitrogens with zero attached hydrogens (tertiary/aromatic N) is 1. The van der Waals surface area contributed by atoms with Crippen LogP contribution in [0.25, 0.3) is 0 Å². The van der Waals surface area contributed by atoms with Crippen molar-refractivity contribution in [2.75, 3.05) is 19.6 Å². The average molecular weight is 265 g/mol. The van der Waals surface area contributed by atoms with E-state index in [1.54, 1.807) is 0 Å². The largest absolute Gasteiger partial charge is 0.393 e. The normalized spacial score (nSPS) is 43.6. The molecule has 5 unspecified atom stereocenters. The standard InChI is InChI=1S/C17H31NO/c1-2-4-13-7-8-17(19)16(9-13)12-18-10-14-5-3-6-15(14)11-18/h13-17,19H,2-12H2,1H3. The molecule has 0 bridgehead atoms.